The molecule has 0 saturated carbocycles. The highest BCUT2D eigenvalue weighted by molar-refractivity contribution is 6.32. The van der Waals surface area contributed by atoms with E-state index in [9.17, 15) is 4.79 Å². The molecule has 0 bridgehead atoms. The van der Waals surface area contributed by atoms with Gasteiger partial charge in [-0.15, -0.1) is 10.2 Å². The van der Waals surface area contributed by atoms with E-state index in [1.54, 1.807) is 25.1 Å². The summed E-state index contributed by atoms with van der Waals surface area (Å²) in [7, 11) is 0. The van der Waals surface area contributed by atoms with Gasteiger partial charge in [0, 0.05) is 0 Å². The molecule has 1 N–H and O–H groups in total. The molecule has 9 nitrogen and oxygen atoms in total. The van der Waals surface area contributed by atoms with E-state index >= 15 is 0 Å². The minimum Gasteiger partial charge on any atom is -0.464 e. The Labute approximate surface area is 124 Å². The minimum atomic E-state index is -0.959. The molecule has 0 saturated heterocycles. The Morgan fingerprint density at radius 3 is 2.86 bits per heavy atom. The number of halogens is 1. The molecule has 0 aliphatic carbocycles. The number of carbonyl (C=O) groups is 1. The van der Waals surface area contributed by atoms with Crippen molar-refractivity contribution in [3.8, 4) is 5.75 Å². The number of nitrogens with one attached hydrogen (secondary N) is 1. The molecular weight excluding hydrogens is 300 g/mol. The smallest absolute Gasteiger partial charge is 0.446 e. The Hall–Kier alpha value is -2.68. The van der Waals surface area contributed by atoms with Crippen LogP contribution in [0.3, 0.4) is 0 Å². The van der Waals surface area contributed by atoms with Crippen molar-refractivity contribution in [3.63, 3.8) is 0 Å². The van der Waals surface area contributed by atoms with E-state index in [1.165, 1.54) is 6.07 Å². The number of benzene rings is 1. The van der Waals surface area contributed by atoms with Gasteiger partial charge in [0.1, 0.15) is 0 Å². The van der Waals surface area contributed by atoms with Crippen molar-refractivity contribution in [3.05, 3.63) is 35.6 Å². The lowest BCUT2D eigenvalue weighted by molar-refractivity contribution is 0.197. The summed E-state index contributed by atoms with van der Waals surface area (Å²) in [6.45, 7) is 1.85. The van der Waals surface area contributed by atoms with Crippen LogP contribution < -0.4 is 9.75 Å². The SMILES string of the molecule is CCOC(=N)N(C(=O)Oc1ccccc1Cl)n1ncnn1. The van der Waals surface area contributed by atoms with Crippen LogP contribution in [0.1, 0.15) is 6.92 Å². The fourth-order valence-corrected chi connectivity index (χ4v) is 1.53. The molecule has 10 heteroatoms. The highest BCUT2D eigenvalue weighted by Crippen LogP contribution is 2.23. The van der Waals surface area contributed by atoms with E-state index in [0.29, 0.717) is 5.01 Å². The van der Waals surface area contributed by atoms with Crippen LogP contribution in [-0.2, 0) is 4.74 Å². The van der Waals surface area contributed by atoms with Crippen molar-refractivity contribution in [2.45, 2.75) is 6.92 Å². The second kappa shape index (κ2) is 6.66. The number of amides is 1. The van der Waals surface area contributed by atoms with Crippen LogP contribution in [0.15, 0.2) is 30.6 Å². The summed E-state index contributed by atoms with van der Waals surface area (Å²) in [6, 6.07) is 5.92. The summed E-state index contributed by atoms with van der Waals surface area (Å²) in [4.78, 5) is 13.0. The molecule has 0 radical (unpaired) electrons. The lowest BCUT2D eigenvalue weighted by atomic mass is 10.3. The first-order chi connectivity index (χ1) is 10.1. The van der Waals surface area contributed by atoms with Crippen molar-refractivity contribution >= 4 is 23.7 Å². The number of tetrazole rings is 1. The molecule has 2 aromatic rings. The Balaban J connectivity index is 2.23. The van der Waals surface area contributed by atoms with Crippen LogP contribution in [0.25, 0.3) is 0 Å². The van der Waals surface area contributed by atoms with Crippen molar-refractivity contribution in [1.82, 2.24) is 20.3 Å². The summed E-state index contributed by atoms with van der Waals surface area (Å²) in [5.41, 5.74) is 0. The van der Waals surface area contributed by atoms with Crippen LogP contribution in [0.4, 0.5) is 4.79 Å². The first-order valence-corrected chi connectivity index (χ1v) is 6.22. The van der Waals surface area contributed by atoms with E-state index in [2.05, 4.69) is 15.4 Å². The van der Waals surface area contributed by atoms with Crippen molar-refractivity contribution < 1.29 is 14.3 Å². The van der Waals surface area contributed by atoms with E-state index in [1.807, 2.05) is 0 Å². The van der Waals surface area contributed by atoms with Gasteiger partial charge in [0.2, 0.25) is 0 Å². The lowest BCUT2D eigenvalue weighted by Gasteiger charge is -2.19. The summed E-state index contributed by atoms with van der Waals surface area (Å²) in [5.74, 6) is 0.138. The van der Waals surface area contributed by atoms with E-state index in [4.69, 9.17) is 26.5 Å². The lowest BCUT2D eigenvalue weighted by Crippen LogP contribution is -2.49. The molecular formula is C11H11ClN6O3. The largest absolute Gasteiger partial charge is 0.464 e. The number of nitrogens with zero attached hydrogens (tertiary/aromatic N) is 5. The Kier molecular flexibility index (Phi) is 4.67. The molecule has 0 spiro atoms. The molecule has 0 unspecified atom stereocenters. The third-order valence-corrected chi connectivity index (χ3v) is 2.51. The van der Waals surface area contributed by atoms with E-state index in [-0.39, 0.29) is 17.4 Å². The van der Waals surface area contributed by atoms with Crippen molar-refractivity contribution in [1.29, 1.82) is 5.41 Å². The van der Waals surface area contributed by atoms with E-state index in [0.717, 1.165) is 11.2 Å². The maximum atomic E-state index is 12.2. The van der Waals surface area contributed by atoms with Gasteiger partial charge in [0.25, 0.3) is 0 Å². The van der Waals surface area contributed by atoms with Gasteiger partial charge in [0.15, 0.2) is 12.1 Å². The molecule has 1 amide bonds. The van der Waals surface area contributed by atoms with Crippen molar-refractivity contribution in [2.24, 2.45) is 0 Å². The molecule has 110 valence electrons. The zero-order valence-corrected chi connectivity index (χ0v) is 11.7. The average Bonchev–Trinajstić information content (AvgIpc) is 2.96. The summed E-state index contributed by atoms with van der Waals surface area (Å²) in [5, 5.41) is 19.3. The fraction of sp³-hybridized carbons (Fsp3) is 0.182. The van der Waals surface area contributed by atoms with Gasteiger partial charge in [0.05, 0.1) is 11.6 Å². The Bertz CT molecular complexity index is 633. The predicted molar refractivity (Wildman–Crippen MR) is 72.9 cm³/mol. The minimum absolute atomic E-state index is 0.138. The number of hydrogen-bond donors (Lipinski definition) is 1. The third kappa shape index (κ3) is 3.45. The van der Waals surface area contributed by atoms with Gasteiger partial charge in [-0.2, -0.15) is 0 Å². The topological polar surface area (TPSA) is 106 Å². The quantitative estimate of drug-likeness (QED) is 0.679. The van der Waals surface area contributed by atoms with Crippen molar-refractivity contribution in [2.75, 3.05) is 11.6 Å². The summed E-state index contributed by atoms with van der Waals surface area (Å²) < 4.78 is 10.1. The zero-order valence-electron chi connectivity index (χ0n) is 10.9. The molecule has 1 heterocycles. The average molecular weight is 311 g/mol. The van der Waals surface area contributed by atoms with Gasteiger partial charge in [-0.25, -0.2) is 10.2 Å². The zero-order chi connectivity index (χ0) is 15.2. The fourth-order valence-electron chi connectivity index (χ4n) is 1.35. The number of para-hydroxylation sites is 1. The van der Waals surface area contributed by atoms with Gasteiger partial charge in [-0.05, 0) is 29.2 Å². The predicted octanol–water partition coefficient (Wildman–Crippen LogP) is 1.43. The molecule has 1 aromatic carbocycles. The number of carbonyl (C=O) groups excluding carboxylic acids is 1. The monoisotopic (exact) mass is 310 g/mol. The standard InChI is InChI=1S/C11H11ClN6O3/c1-2-20-10(13)17(18-15-7-14-16-18)11(19)21-9-6-4-3-5-8(9)12/h3-7,13H,2H2,1H3. The van der Waals surface area contributed by atoms with Crippen LogP contribution in [0.2, 0.25) is 5.02 Å². The molecule has 0 atom stereocenters. The van der Waals surface area contributed by atoms with Gasteiger partial charge < -0.3 is 9.47 Å². The van der Waals surface area contributed by atoms with Crippen LogP contribution in [0, 0.1) is 5.41 Å². The number of aromatic nitrogens is 4. The Morgan fingerprint density at radius 1 is 1.48 bits per heavy atom. The molecule has 0 aliphatic heterocycles. The van der Waals surface area contributed by atoms with Crippen LogP contribution in [0.5, 0.6) is 5.75 Å². The highest BCUT2D eigenvalue weighted by atomic mass is 35.5. The number of amidine groups is 1. The Morgan fingerprint density at radius 2 is 2.24 bits per heavy atom. The molecule has 1 aromatic heterocycles. The molecule has 0 aliphatic rings. The maximum Gasteiger partial charge on any atom is 0.446 e. The maximum absolute atomic E-state index is 12.2. The van der Waals surface area contributed by atoms with Gasteiger partial charge >= 0.3 is 12.1 Å². The molecule has 2 rings (SSSR count). The first kappa shape index (κ1) is 14.7. The molecule has 0 fully saturated rings. The van der Waals surface area contributed by atoms with Crippen LogP contribution >= 0.6 is 11.6 Å². The second-order valence-corrected chi connectivity index (χ2v) is 3.96. The highest BCUT2D eigenvalue weighted by Gasteiger charge is 2.26. The van der Waals surface area contributed by atoms with Gasteiger partial charge in [-0.1, -0.05) is 28.7 Å². The first-order valence-electron chi connectivity index (χ1n) is 5.84. The third-order valence-electron chi connectivity index (χ3n) is 2.20. The van der Waals surface area contributed by atoms with E-state index < -0.39 is 12.1 Å². The molecule has 21 heavy (non-hydrogen) atoms. The normalized spacial score (nSPS) is 10.0. The number of ether oxygens (including phenoxy) is 2. The summed E-state index contributed by atoms with van der Waals surface area (Å²) >= 11 is 5.91. The van der Waals surface area contributed by atoms with Crippen LogP contribution in [-0.4, -0.2) is 39.0 Å². The summed E-state index contributed by atoms with van der Waals surface area (Å²) in [6.07, 6.45) is 0.147. The van der Waals surface area contributed by atoms with Gasteiger partial charge in [-0.3, -0.25) is 0 Å². The number of hydrogen-bond acceptors (Lipinski definition) is 7. The number of rotatable bonds is 3. The second-order valence-electron chi connectivity index (χ2n) is 3.55.